The number of benzene rings is 2. The molecule has 0 fully saturated rings. The lowest BCUT2D eigenvalue weighted by molar-refractivity contribution is 0.657. The Balaban J connectivity index is 1.96. The van der Waals surface area contributed by atoms with Crippen molar-refractivity contribution in [3.05, 3.63) is 92.7 Å². The molecule has 0 saturated heterocycles. The number of aromatic nitrogens is 5. The molecule has 0 aliphatic rings. The third-order valence-electron chi connectivity index (χ3n) is 4.13. The first-order valence-electron chi connectivity index (χ1n) is 8.12. The van der Waals surface area contributed by atoms with Gasteiger partial charge in [0, 0.05) is 12.1 Å². The van der Waals surface area contributed by atoms with E-state index >= 15 is 0 Å². The molecule has 0 bridgehead atoms. The average Bonchev–Trinajstić information content (AvgIpc) is 3.18. The van der Waals surface area contributed by atoms with Gasteiger partial charge in [0.15, 0.2) is 5.69 Å². The van der Waals surface area contributed by atoms with Crippen molar-refractivity contribution in [2.24, 2.45) is 7.05 Å². The van der Waals surface area contributed by atoms with Crippen molar-refractivity contribution in [3.63, 3.8) is 0 Å². The predicted molar refractivity (Wildman–Crippen MR) is 103 cm³/mol. The van der Waals surface area contributed by atoms with Gasteiger partial charge in [-0.05, 0) is 42.5 Å². The monoisotopic (exact) mass is 379 g/mol. The molecule has 4 aromatic rings. The summed E-state index contributed by atoms with van der Waals surface area (Å²) in [6.45, 7) is 0. The molecular formula is C19H14ClN5O2. The van der Waals surface area contributed by atoms with Crippen LogP contribution in [0.4, 0.5) is 0 Å². The zero-order valence-electron chi connectivity index (χ0n) is 14.3. The van der Waals surface area contributed by atoms with Crippen molar-refractivity contribution in [2.75, 3.05) is 0 Å². The molecular weight excluding hydrogens is 366 g/mol. The van der Waals surface area contributed by atoms with Crippen molar-refractivity contribution in [1.82, 2.24) is 24.1 Å². The van der Waals surface area contributed by atoms with Crippen LogP contribution in [-0.4, -0.2) is 24.1 Å². The summed E-state index contributed by atoms with van der Waals surface area (Å²) in [6, 6.07) is 17.7. The Morgan fingerprint density at radius 1 is 0.852 bits per heavy atom. The van der Waals surface area contributed by atoms with Gasteiger partial charge in [-0.15, -0.1) is 0 Å². The Bertz CT molecular complexity index is 1220. The summed E-state index contributed by atoms with van der Waals surface area (Å²) in [7, 11) is 1.42. The van der Waals surface area contributed by atoms with E-state index in [1.54, 1.807) is 41.2 Å². The van der Waals surface area contributed by atoms with Crippen LogP contribution in [0.15, 0.2) is 76.4 Å². The minimum Gasteiger partial charge on any atom is -0.267 e. The Labute approximate surface area is 158 Å². The maximum absolute atomic E-state index is 12.7. The highest BCUT2D eigenvalue weighted by atomic mass is 35.5. The molecule has 0 amide bonds. The van der Waals surface area contributed by atoms with Gasteiger partial charge in [-0.25, -0.2) is 9.48 Å². The number of nitrogens with zero attached hydrogens (tertiary/aromatic N) is 5. The molecule has 2 aromatic heterocycles. The van der Waals surface area contributed by atoms with Gasteiger partial charge in [0.2, 0.25) is 0 Å². The third kappa shape index (κ3) is 2.98. The predicted octanol–water partition coefficient (Wildman–Crippen LogP) is 2.44. The molecule has 0 aliphatic carbocycles. The Morgan fingerprint density at radius 2 is 1.52 bits per heavy atom. The van der Waals surface area contributed by atoms with Crippen molar-refractivity contribution in [1.29, 1.82) is 0 Å². The molecule has 2 heterocycles. The number of hydrogen-bond donors (Lipinski definition) is 0. The van der Waals surface area contributed by atoms with Gasteiger partial charge in [0.1, 0.15) is 5.69 Å². The van der Waals surface area contributed by atoms with E-state index in [2.05, 4.69) is 10.2 Å². The van der Waals surface area contributed by atoms with Crippen LogP contribution in [0.5, 0.6) is 0 Å². The minimum atomic E-state index is -0.545. The molecule has 7 nitrogen and oxygen atoms in total. The van der Waals surface area contributed by atoms with E-state index in [1.165, 1.54) is 11.7 Å². The summed E-state index contributed by atoms with van der Waals surface area (Å²) in [4.78, 5) is 25.3. The van der Waals surface area contributed by atoms with E-state index in [9.17, 15) is 9.59 Å². The summed E-state index contributed by atoms with van der Waals surface area (Å²) in [6.07, 6.45) is 1.58. The molecule has 0 radical (unpaired) electrons. The Hall–Kier alpha value is -3.45. The second-order valence-corrected chi connectivity index (χ2v) is 6.28. The standard InChI is InChI=1S/C19H14ClN5O2/c1-23-18(26)17(16-11-12-21-24(16)14-5-3-2-4-6-14)22-25(19(23)27)15-9-7-13(20)8-10-15/h2-12H,1H3. The summed E-state index contributed by atoms with van der Waals surface area (Å²) < 4.78 is 3.81. The lowest BCUT2D eigenvalue weighted by Crippen LogP contribution is -2.40. The lowest BCUT2D eigenvalue weighted by atomic mass is 10.2. The molecule has 0 N–H and O–H groups in total. The van der Waals surface area contributed by atoms with E-state index in [0.717, 1.165) is 10.3 Å². The van der Waals surface area contributed by atoms with Crippen LogP contribution in [-0.2, 0) is 7.05 Å². The number of rotatable bonds is 3. The molecule has 0 saturated carbocycles. The maximum Gasteiger partial charge on any atom is 0.351 e. The van der Waals surface area contributed by atoms with E-state index in [1.807, 2.05) is 30.3 Å². The fourth-order valence-electron chi connectivity index (χ4n) is 2.74. The average molecular weight is 380 g/mol. The summed E-state index contributed by atoms with van der Waals surface area (Å²) in [5.74, 6) is 0. The minimum absolute atomic E-state index is 0.119. The molecule has 134 valence electrons. The Kier molecular flexibility index (Phi) is 4.21. The second-order valence-electron chi connectivity index (χ2n) is 5.85. The fraction of sp³-hybridized carbons (Fsp3) is 0.0526. The molecule has 4 rings (SSSR count). The normalized spacial score (nSPS) is 10.9. The van der Waals surface area contributed by atoms with Crippen LogP contribution in [0.3, 0.4) is 0 Å². The Morgan fingerprint density at radius 3 is 2.22 bits per heavy atom. The quantitative estimate of drug-likeness (QED) is 0.548. The van der Waals surface area contributed by atoms with Crippen LogP contribution >= 0.6 is 11.6 Å². The van der Waals surface area contributed by atoms with Crippen LogP contribution < -0.4 is 11.2 Å². The highest BCUT2D eigenvalue weighted by Crippen LogP contribution is 2.18. The molecule has 0 atom stereocenters. The van der Waals surface area contributed by atoms with Crippen LogP contribution in [0.25, 0.3) is 22.8 Å². The first kappa shape index (κ1) is 17.0. The third-order valence-corrected chi connectivity index (χ3v) is 4.38. The lowest BCUT2D eigenvalue weighted by Gasteiger charge is -2.11. The van der Waals surface area contributed by atoms with Crippen molar-refractivity contribution < 1.29 is 0 Å². The molecule has 0 unspecified atom stereocenters. The number of para-hydroxylation sites is 1. The number of halogens is 1. The van der Waals surface area contributed by atoms with Gasteiger partial charge >= 0.3 is 5.69 Å². The summed E-state index contributed by atoms with van der Waals surface area (Å²) in [5.41, 5.74) is 0.857. The highest BCUT2D eigenvalue weighted by molar-refractivity contribution is 6.30. The number of hydrogen-bond acceptors (Lipinski definition) is 4. The first-order chi connectivity index (χ1) is 13.1. The van der Waals surface area contributed by atoms with Gasteiger partial charge in [-0.1, -0.05) is 29.8 Å². The van der Waals surface area contributed by atoms with E-state index in [0.29, 0.717) is 16.4 Å². The smallest absolute Gasteiger partial charge is 0.267 e. The van der Waals surface area contributed by atoms with Gasteiger partial charge in [0.25, 0.3) is 5.56 Å². The van der Waals surface area contributed by atoms with Crippen molar-refractivity contribution in [3.8, 4) is 22.8 Å². The van der Waals surface area contributed by atoms with E-state index in [4.69, 9.17) is 11.6 Å². The van der Waals surface area contributed by atoms with E-state index < -0.39 is 11.2 Å². The molecule has 8 heteroatoms. The van der Waals surface area contributed by atoms with Crippen LogP contribution in [0.1, 0.15) is 0 Å². The van der Waals surface area contributed by atoms with E-state index in [-0.39, 0.29) is 5.69 Å². The molecule has 27 heavy (non-hydrogen) atoms. The van der Waals surface area contributed by atoms with Crippen molar-refractivity contribution in [2.45, 2.75) is 0 Å². The molecule has 0 aliphatic heterocycles. The topological polar surface area (TPSA) is 74.7 Å². The second kappa shape index (κ2) is 6.69. The SMILES string of the molecule is Cn1c(=O)c(-c2ccnn2-c2ccccc2)nn(-c2ccc(Cl)cc2)c1=O. The summed E-state index contributed by atoms with van der Waals surface area (Å²) >= 11 is 5.92. The zero-order valence-corrected chi connectivity index (χ0v) is 15.0. The van der Waals surface area contributed by atoms with Crippen LogP contribution in [0.2, 0.25) is 5.02 Å². The largest absolute Gasteiger partial charge is 0.351 e. The van der Waals surface area contributed by atoms with Crippen LogP contribution in [0, 0.1) is 0 Å². The highest BCUT2D eigenvalue weighted by Gasteiger charge is 2.18. The van der Waals surface area contributed by atoms with Gasteiger partial charge < -0.3 is 0 Å². The zero-order chi connectivity index (χ0) is 19.0. The van der Waals surface area contributed by atoms with Gasteiger partial charge in [-0.2, -0.15) is 14.9 Å². The van der Waals surface area contributed by atoms with Gasteiger partial charge in [0.05, 0.1) is 17.6 Å². The summed E-state index contributed by atoms with van der Waals surface area (Å²) in [5, 5.41) is 9.16. The maximum atomic E-state index is 12.7. The molecule has 0 spiro atoms. The molecule has 2 aromatic carbocycles. The van der Waals surface area contributed by atoms with Crippen molar-refractivity contribution >= 4 is 11.6 Å². The first-order valence-corrected chi connectivity index (χ1v) is 8.50. The fourth-order valence-corrected chi connectivity index (χ4v) is 2.87. The van der Waals surface area contributed by atoms with Gasteiger partial charge in [-0.3, -0.25) is 9.36 Å².